The van der Waals surface area contributed by atoms with Crippen LogP contribution in [0.2, 0.25) is 0 Å². The quantitative estimate of drug-likeness (QED) is 0.829. The molecule has 0 bridgehead atoms. The maximum atomic E-state index is 13.0. The average Bonchev–Trinajstić information content (AvgIpc) is 2.52. The fraction of sp³-hybridized carbons (Fsp3) is 0.455. The predicted molar refractivity (Wildman–Crippen MR) is 57.4 cm³/mol. The van der Waals surface area contributed by atoms with Crippen LogP contribution in [0.25, 0.3) is 11.0 Å². The van der Waals surface area contributed by atoms with Crippen LogP contribution in [0.1, 0.15) is 19.0 Å². The van der Waals surface area contributed by atoms with Gasteiger partial charge in [0.05, 0.1) is 17.4 Å². The standard InChI is InChI=1S/C11H12F3N3/c1-11(13,14)4-3-8-10-9(17(2)16-8)5-7(12)6-15-10/h5-6H,3-4H2,1-2H3. The maximum Gasteiger partial charge on any atom is 0.245 e. The van der Waals surface area contributed by atoms with Gasteiger partial charge in [-0.05, 0) is 13.3 Å². The van der Waals surface area contributed by atoms with E-state index >= 15 is 0 Å². The lowest BCUT2D eigenvalue weighted by Crippen LogP contribution is -2.11. The molecular formula is C11H12F3N3. The van der Waals surface area contributed by atoms with E-state index in [-0.39, 0.29) is 12.8 Å². The molecule has 0 fully saturated rings. The fourth-order valence-corrected chi connectivity index (χ4v) is 1.69. The lowest BCUT2D eigenvalue weighted by atomic mass is 10.1. The number of nitrogens with zero attached hydrogens (tertiary/aromatic N) is 3. The van der Waals surface area contributed by atoms with Gasteiger partial charge in [0.1, 0.15) is 11.3 Å². The van der Waals surface area contributed by atoms with E-state index in [1.807, 2.05) is 0 Å². The van der Waals surface area contributed by atoms with Crippen LogP contribution in [-0.4, -0.2) is 20.7 Å². The summed E-state index contributed by atoms with van der Waals surface area (Å²) in [4.78, 5) is 3.90. The second kappa shape index (κ2) is 4.01. The Morgan fingerprint density at radius 3 is 2.76 bits per heavy atom. The van der Waals surface area contributed by atoms with Gasteiger partial charge in [-0.15, -0.1) is 0 Å². The Labute approximate surface area is 96.3 Å². The number of pyridine rings is 1. The van der Waals surface area contributed by atoms with E-state index in [1.54, 1.807) is 7.05 Å². The zero-order chi connectivity index (χ0) is 12.6. The van der Waals surface area contributed by atoms with Crippen molar-refractivity contribution in [3.05, 3.63) is 23.8 Å². The van der Waals surface area contributed by atoms with Gasteiger partial charge in [0.25, 0.3) is 0 Å². The van der Waals surface area contributed by atoms with Crippen molar-refractivity contribution in [1.82, 2.24) is 14.8 Å². The Kier molecular flexibility index (Phi) is 2.81. The Morgan fingerprint density at radius 2 is 2.12 bits per heavy atom. The van der Waals surface area contributed by atoms with Gasteiger partial charge in [-0.3, -0.25) is 4.68 Å². The van der Waals surface area contributed by atoms with Crippen LogP contribution in [0.4, 0.5) is 13.2 Å². The van der Waals surface area contributed by atoms with Crippen molar-refractivity contribution in [1.29, 1.82) is 0 Å². The normalized spacial score (nSPS) is 12.3. The van der Waals surface area contributed by atoms with Crippen molar-refractivity contribution >= 4 is 11.0 Å². The second-order valence-corrected chi connectivity index (χ2v) is 4.16. The van der Waals surface area contributed by atoms with Crippen molar-refractivity contribution in [3.63, 3.8) is 0 Å². The monoisotopic (exact) mass is 243 g/mol. The van der Waals surface area contributed by atoms with Gasteiger partial charge < -0.3 is 0 Å². The first-order chi connectivity index (χ1) is 7.87. The number of hydrogen-bond donors (Lipinski definition) is 0. The average molecular weight is 243 g/mol. The van der Waals surface area contributed by atoms with E-state index < -0.39 is 11.7 Å². The highest BCUT2D eigenvalue weighted by Crippen LogP contribution is 2.23. The maximum absolute atomic E-state index is 13.0. The molecule has 2 aromatic heterocycles. The third-order valence-electron chi connectivity index (χ3n) is 2.53. The molecule has 2 rings (SSSR count). The number of fused-ring (bicyclic) bond motifs is 1. The molecule has 0 aliphatic rings. The molecule has 2 heterocycles. The van der Waals surface area contributed by atoms with E-state index in [1.165, 1.54) is 10.7 Å². The minimum atomic E-state index is -2.73. The van der Waals surface area contributed by atoms with Crippen LogP contribution < -0.4 is 0 Å². The molecule has 0 atom stereocenters. The lowest BCUT2D eigenvalue weighted by molar-refractivity contribution is 0.0131. The molecule has 2 aromatic rings. The summed E-state index contributed by atoms with van der Waals surface area (Å²) in [6, 6.07) is 1.29. The zero-order valence-electron chi connectivity index (χ0n) is 9.54. The first kappa shape index (κ1) is 11.9. The minimum absolute atomic E-state index is 0.124. The molecule has 0 unspecified atom stereocenters. The number of rotatable bonds is 3. The molecule has 0 aliphatic heterocycles. The second-order valence-electron chi connectivity index (χ2n) is 4.16. The van der Waals surface area contributed by atoms with Gasteiger partial charge in [-0.1, -0.05) is 0 Å². The van der Waals surface area contributed by atoms with Crippen LogP contribution in [0, 0.1) is 5.82 Å². The molecule has 0 radical (unpaired) electrons. The van der Waals surface area contributed by atoms with Crippen LogP contribution in [0.15, 0.2) is 12.3 Å². The number of hydrogen-bond acceptors (Lipinski definition) is 2. The molecule has 0 aliphatic carbocycles. The van der Waals surface area contributed by atoms with Crippen LogP contribution >= 0.6 is 0 Å². The van der Waals surface area contributed by atoms with Gasteiger partial charge in [-0.25, -0.2) is 18.2 Å². The zero-order valence-corrected chi connectivity index (χ0v) is 9.54. The number of halogens is 3. The highest BCUT2D eigenvalue weighted by Gasteiger charge is 2.22. The van der Waals surface area contributed by atoms with Gasteiger partial charge in [0.2, 0.25) is 5.92 Å². The summed E-state index contributed by atoms with van der Waals surface area (Å²) < 4.78 is 40.0. The molecule has 0 aromatic carbocycles. The first-order valence-corrected chi connectivity index (χ1v) is 5.22. The summed E-state index contributed by atoms with van der Waals surface area (Å²) >= 11 is 0. The van der Waals surface area contributed by atoms with E-state index in [9.17, 15) is 13.2 Å². The van der Waals surface area contributed by atoms with Crippen molar-refractivity contribution in [3.8, 4) is 0 Å². The molecule has 0 N–H and O–H groups in total. The smallest absolute Gasteiger partial charge is 0.245 e. The molecular weight excluding hydrogens is 231 g/mol. The number of alkyl halides is 2. The summed E-state index contributed by atoms with van der Waals surface area (Å²) in [5.41, 5.74) is 1.47. The van der Waals surface area contributed by atoms with Gasteiger partial charge in [0, 0.05) is 19.5 Å². The summed E-state index contributed by atoms with van der Waals surface area (Å²) in [7, 11) is 1.64. The predicted octanol–water partition coefficient (Wildman–Crippen LogP) is 2.70. The number of aromatic nitrogens is 3. The Hall–Kier alpha value is -1.59. The topological polar surface area (TPSA) is 30.7 Å². The lowest BCUT2D eigenvalue weighted by Gasteiger charge is -2.07. The van der Waals surface area contributed by atoms with Crippen LogP contribution in [-0.2, 0) is 13.5 Å². The third kappa shape index (κ3) is 2.57. The van der Waals surface area contributed by atoms with E-state index in [4.69, 9.17) is 0 Å². The first-order valence-electron chi connectivity index (χ1n) is 5.22. The van der Waals surface area contributed by atoms with E-state index in [0.29, 0.717) is 16.7 Å². The molecule has 92 valence electrons. The van der Waals surface area contributed by atoms with Crippen molar-refractivity contribution in [2.75, 3.05) is 0 Å². The Bertz CT molecular complexity index is 543. The summed E-state index contributed by atoms with van der Waals surface area (Å²) in [6.45, 7) is 0.866. The third-order valence-corrected chi connectivity index (χ3v) is 2.53. The molecule has 6 heteroatoms. The SMILES string of the molecule is Cn1nc(CCC(C)(F)F)c2ncc(F)cc21. The summed E-state index contributed by atoms with van der Waals surface area (Å²) in [5.74, 6) is -3.20. The van der Waals surface area contributed by atoms with Crippen LogP contribution in [0.5, 0.6) is 0 Å². The van der Waals surface area contributed by atoms with Gasteiger partial charge in [-0.2, -0.15) is 5.10 Å². The van der Waals surface area contributed by atoms with Crippen molar-refractivity contribution in [2.45, 2.75) is 25.7 Å². The summed E-state index contributed by atoms with van der Waals surface area (Å²) in [5, 5.41) is 4.09. The highest BCUT2D eigenvalue weighted by atomic mass is 19.3. The molecule has 3 nitrogen and oxygen atoms in total. The molecule has 0 saturated heterocycles. The van der Waals surface area contributed by atoms with Crippen molar-refractivity contribution < 1.29 is 13.2 Å². The summed E-state index contributed by atoms with van der Waals surface area (Å²) in [6.07, 6.45) is 0.898. The molecule has 17 heavy (non-hydrogen) atoms. The molecule has 0 spiro atoms. The molecule has 0 saturated carbocycles. The van der Waals surface area contributed by atoms with E-state index in [2.05, 4.69) is 10.1 Å². The van der Waals surface area contributed by atoms with Gasteiger partial charge >= 0.3 is 0 Å². The fourth-order valence-electron chi connectivity index (χ4n) is 1.69. The van der Waals surface area contributed by atoms with Gasteiger partial charge in [0.15, 0.2) is 0 Å². The minimum Gasteiger partial charge on any atom is -0.266 e. The van der Waals surface area contributed by atoms with Crippen LogP contribution in [0.3, 0.4) is 0 Å². The largest absolute Gasteiger partial charge is 0.266 e. The Morgan fingerprint density at radius 1 is 1.41 bits per heavy atom. The highest BCUT2D eigenvalue weighted by molar-refractivity contribution is 5.77. The van der Waals surface area contributed by atoms with E-state index in [0.717, 1.165) is 13.1 Å². The van der Waals surface area contributed by atoms with Crippen molar-refractivity contribution in [2.24, 2.45) is 7.05 Å². The molecule has 0 amide bonds. The Balaban J connectivity index is 2.36. The number of aryl methyl sites for hydroxylation is 2.